The minimum Gasteiger partial charge on any atom is -0.392 e. The van der Waals surface area contributed by atoms with Crippen molar-refractivity contribution < 1.29 is 18.3 Å². The summed E-state index contributed by atoms with van der Waals surface area (Å²) >= 11 is 3.21. The molecule has 0 aliphatic heterocycles. The Morgan fingerprint density at radius 2 is 2.05 bits per heavy atom. The number of rotatable bonds is 9. The summed E-state index contributed by atoms with van der Waals surface area (Å²) in [6, 6.07) is 4.71. The Morgan fingerprint density at radius 3 is 2.67 bits per heavy atom. The first-order valence-electron chi connectivity index (χ1n) is 6.48. The van der Waals surface area contributed by atoms with Crippen molar-refractivity contribution in [2.24, 2.45) is 0 Å². The number of aliphatic hydroxyl groups excluding tert-OH is 1. The number of nitrogens with one attached hydrogen (secondary N) is 1. The number of ether oxygens (including phenoxy) is 1. The van der Waals surface area contributed by atoms with Gasteiger partial charge in [0.2, 0.25) is 10.0 Å². The number of aliphatic hydroxyl groups is 1. The first kappa shape index (κ1) is 18.5. The van der Waals surface area contributed by atoms with E-state index >= 15 is 0 Å². The SMILES string of the molecule is CN(C)CCOCCNS(=O)(=O)c1cc(CO)ccc1Br. The van der Waals surface area contributed by atoms with Gasteiger partial charge in [-0.3, -0.25) is 0 Å². The van der Waals surface area contributed by atoms with Gasteiger partial charge < -0.3 is 14.7 Å². The van der Waals surface area contributed by atoms with Gasteiger partial charge in [-0.2, -0.15) is 0 Å². The molecule has 0 saturated heterocycles. The summed E-state index contributed by atoms with van der Waals surface area (Å²) in [6.07, 6.45) is 0. The van der Waals surface area contributed by atoms with Gasteiger partial charge in [-0.1, -0.05) is 6.07 Å². The normalized spacial score (nSPS) is 12.0. The molecule has 0 aliphatic carbocycles. The van der Waals surface area contributed by atoms with Crippen molar-refractivity contribution in [2.45, 2.75) is 11.5 Å². The minimum absolute atomic E-state index is 0.113. The number of halogens is 1. The molecule has 0 aromatic heterocycles. The van der Waals surface area contributed by atoms with Crippen LogP contribution in [0.3, 0.4) is 0 Å². The van der Waals surface area contributed by atoms with Crippen LogP contribution in [-0.2, 0) is 21.4 Å². The van der Waals surface area contributed by atoms with E-state index in [-0.39, 0.29) is 18.0 Å². The van der Waals surface area contributed by atoms with Gasteiger partial charge in [-0.05, 0) is 47.7 Å². The fourth-order valence-corrected chi connectivity index (χ4v) is 3.55. The lowest BCUT2D eigenvalue weighted by molar-refractivity contribution is 0.122. The van der Waals surface area contributed by atoms with Crippen molar-refractivity contribution in [2.75, 3.05) is 40.4 Å². The number of nitrogens with zero attached hydrogens (tertiary/aromatic N) is 1. The number of sulfonamides is 1. The molecule has 0 unspecified atom stereocenters. The van der Waals surface area contributed by atoms with E-state index in [4.69, 9.17) is 9.84 Å². The van der Waals surface area contributed by atoms with Gasteiger partial charge in [0, 0.05) is 17.6 Å². The van der Waals surface area contributed by atoms with E-state index in [0.29, 0.717) is 23.2 Å². The summed E-state index contributed by atoms with van der Waals surface area (Å²) in [5, 5.41) is 9.08. The zero-order chi connectivity index (χ0) is 15.9. The van der Waals surface area contributed by atoms with Crippen molar-refractivity contribution in [3.63, 3.8) is 0 Å². The van der Waals surface area contributed by atoms with Crippen LogP contribution in [0.4, 0.5) is 0 Å². The maximum absolute atomic E-state index is 12.2. The first-order valence-corrected chi connectivity index (χ1v) is 8.76. The van der Waals surface area contributed by atoms with Crippen LogP contribution < -0.4 is 4.72 Å². The second-order valence-corrected chi connectivity index (χ2v) is 7.33. The summed E-state index contributed by atoms with van der Waals surface area (Å²) in [5.41, 5.74) is 0.542. The van der Waals surface area contributed by atoms with Crippen LogP contribution in [-0.4, -0.2) is 58.8 Å². The van der Waals surface area contributed by atoms with Crippen LogP contribution in [0.5, 0.6) is 0 Å². The van der Waals surface area contributed by atoms with E-state index in [2.05, 4.69) is 20.7 Å². The van der Waals surface area contributed by atoms with Crippen molar-refractivity contribution in [3.8, 4) is 0 Å². The molecule has 1 aromatic rings. The highest BCUT2D eigenvalue weighted by atomic mass is 79.9. The Kier molecular flexibility index (Phi) is 7.78. The third-order valence-corrected chi connectivity index (χ3v) is 5.14. The fourth-order valence-electron chi connectivity index (χ4n) is 1.53. The average molecular weight is 381 g/mol. The molecule has 0 amide bonds. The molecule has 0 saturated carbocycles. The standard InChI is InChI=1S/C13H21BrN2O4S/c1-16(2)6-8-20-7-5-15-21(18,19)13-9-11(10-17)3-4-12(13)14/h3-4,9,15,17H,5-8,10H2,1-2H3. The summed E-state index contributed by atoms with van der Waals surface area (Å²) in [4.78, 5) is 2.10. The maximum Gasteiger partial charge on any atom is 0.241 e. The highest BCUT2D eigenvalue weighted by molar-refractivity contribution is 9.10. The molecule has 120 valence electrons. The van der Waals surface area contributed by atoms with Gasteiger partial charge in [0.05, 0.1) is 24.7 Å². The molecule has 0 fully saturated rings. The van der Waals surface area contributed by atoms with Gasteiger partial charge >= 0.3 is 0 Å². The first-order chi connectivity index (χ1) is 9.86. The van der Waals surface area contributed by atoms with Crippen LogP contribution in [0.1, 0.15) is 5.56 Å². The van der Waals surface area contributed by atoms with Gasteiger partial charge in [0.1, 0.15) is 0 Å². The lowest BCUT2D eigenvalue weighted by atomic mass is 10.2. The Hall–Kier alpha value is -0.510. The van der Waals surface area contributed by atoms with E-state index in [9.17, 15) is 8.42 Å². The summed E-state index contributed by atoms with van der Waals surface area (Å²) < 4.78 is 32.6. The highest BCUT2D eigenvalue weighted by Gasteiger charge is 2.17. The second-order valence-electron chi connectivity index (χ2n) is 4.74. The van der Waals surface area contributed by atoms with Gasteiger partial charge in [0.25, 0.3) is 0 Å². The van der Waals surface area contributed by atoms with E-state index in [0.717, 1.165) is 6.54 Å². The van der Waals surface area contributed by atoms with Gasteiger partial charge in [-0.25, -0.2) is 13.1 Å². The monoisotopic (exact) mass is 380 g/mol. The van der Waals surface area contributed by atoms with Crippen LogP contribution in [0.2, 0.25) is 0 Å². The molecule has 6 nitrogen and oxygen atoms in total. The van der Waals surface area contributed by atoms with E-state index in [1.165, 1.54) is 6.07 Å². The molecule has 1 aromatic carbocycles. The third kappa shape index (κ3) is 6.41. The predicted octanol–water partition coefficient (Wildman–Crippen LogP) is 0.798. The maximum atomic E-state index is 12.2. The predicted molar refractivity (Wildman–Crippen MR) is 84.6 cm³/mol. The quantitative estimate of drug-likeness (QED) is 0.619. The smallest absolute Gasteiger partial charge is 0.241 e. The Balaban J connectivity index is 2.54. The average Bonchev–Trinajstić information content (AvgIpc) is 2.42. The minimum atomic E-state index is -3.63. The Bertz CT molecular complexity index is 549. The Labute approximate surface area is 134 Å². The second kappa shape index (κ2) is 8.82. The summed E-state index contributed by atoms with van der Waals surface area (Å²) in [6.45, 7) is 1.65. The molecule has 2 N–H and O–H groups in total. The number of hydrogen-bond acceptors (Lipinski definition) is 5. The number of benzene rings is 1. The van der Waals surface area contributed by atoms with Crippen LogP contribution >= 0.6 is 15.9 Å². The largest absolute Gasteiger partial charge is 0.392 e. The van der Waals surface area contributed by atoms with Crippen molar-refractivity contribution in [3.05, 3.63) is 28.2 Å². The molecule has 0 heterocycles. The Morgan fingerprint density at radius 1 is 1.33 bits per heavy atom. The molecule has 0 atom stereocenters. The fraction of sp³-hybridized carbons (Fsp3) is 0.538. The molecule has 0 aliphatic rings. The topological polar surface area (TPSA) is 78.9 Å². The molecular formula is C13H21BrN2O4S. The van der Waals surface area contributed by atoms with Crippen molar-refractivity contribution in [1.29, 1.82) is 0 Å². The zero-order valence-corrected chi connectivity index (χ0v) is 14.6. The molecule has 0 radical (unpaired) electrons. The van der Waals surface area contributed by atoms with E-state index in [1.807, 2.05) is 19.0 Å². The zero-order valence-electron chi connectivity index (χ0n) is 12.2. The van der Waals surface area contributed by atoms with Crippen LogP contribution in [0, 0.1) is 0 Å². The number of likely N-dealkylation sites (N-methyl/N-ethyl adjacent to an activating group) is 1. The number of hydrogen-bond donors (Lipinski definition) is 2. The molecule has 1 rings (SSSR count). The molecule has 21 heavy (non-hydrogen) atoms. The van der Waals surface area contributed by atoms with Gasteiger partial charge in [-0.15, -0.1) is 0 Å². The van der Waals surface area contributed by atoms with Crippen molar-refractivity contribution >= 4 is 26.0 Å². The van der Waals surface area contributed by atoms with Gasteiger partial charge in [0.15, 0.2) is 0 Å². The highest BCUT2D eigenvalue weighted by Crippen LogP contribution is 2.23. The third-order valence-electron chi connectivity index (χ3n) is 2.69. The van der Waals surface area contributed by atoms with Crippen LogP contribution in [0.15, 0.2) is 27.6 Å². The lowest BCUT2D eigenvalue weighted by Gasteiger charge is -2.11. The van der Waals surface area contributed by atoms with E-state index < -0.39 is 10.0 Å². The lowest BCUT2D eigenvalue weighted by Crippen LogP contribution is -2.28. The molecular weight excluding hydrogens is 360 g/mol. The molecule has 0 spiro atoms. The van der Waals surface area contributed by atoms with Crippen LogP contribution in [0.25, 0.3) is 0 Å². The molecule has 8 heteroatoms. The van der Waals surface area contributed by atoms with E-state index in [1.54, 1.807) is 12.1 Å². The summed E-state index contributed by atoms with van der Waals surface area (Å²) in [5.74, 6) is 0. The summed E-state index contributed by atoms with van der Waals surface area (Å²) in [7, 11) is 0.259. The van der Waals surface area contributed by atoms with Crippen molar-refractivity contribution in [1.82, 2.24) is 9.62 Å². The molecule has 0 bridgehead atoms.